The SMILES string of the molecule is CC(C)P1(=O)NCCN1. The average Bonchev–Trinajstić information content (AvgIpc) is 2.16. The van der Waals surface area contributed by atoms with Gasteiger partial charge in [0.15, 0.2) is 0 Å². The number of hydrogen-bond donors (Lipinski definition) is 2. The van der Waals surface area contributed by atoms with Gasteiger partial charge in [0.25, 0.3) is 0 Å². The van der Waals surface area contributed by atoms with Gasteiger partial charge < -0.3 is 0 Å². The Kier molecular flexibility index (Phi) is 1.94. The molecule has 0 spiro atoms. The summed E-state index contributed by atoms with van der Waals surface area (Å²) in [5, 5.41) is 5.95. The Morgan fingerprint density at radius 3 is 2.00 bits per heavy atom. The summed E-state index contributed by atoms with van der Waals surface area (Å²) in [5.41, 5.74) is 0.222. The van der Waals surface area contributed by atoms with Crippen molar-refractivity contribution in [3.63, 3.8) is 0 Å². The predicted molar refractivity (Wildman–Crippen MR) is 38.7 cm³/mol. The van der Waals surface area contributed by atoms with E-state index in [0.717, 1.165) is 13.1 Å². The zero-order chi connectivity index (χ0) is 6.91. The first-order valence-corrected chi connectivity index (χ1v) is 5.03. The van der Waals surface area contributed by atoms with Crippen LogP contribution < -0.4 is 10.2 Å². The van der Waals surface area contributed by atoms with Gasteiger partial charge in [-0.05, 0) is 0 Å². The first kappa shape index (κ1) is 7.26. The molecule has 0 saturated carbocycles. The maximum atomic E-state index is 11.5. The lowest BCUT2D eigenvalue weighted by molar-refractivity contribution is 0.560. The first-order valence-electron chi connectivity index (χ1n) is 3.25. The van der Waals surface area contributed by atoms with Gasteiger partial charge in [0, 0.05) is 18.7 Å². The molecule has 0 atom stereocenters. The Labute approximate surface area is 55.7 Å². The summed E-state index contributed by atoms with van der Waals surface area (Å²) in [6.07, 6.45) is 0. The molecule has 54 valence electrons. The van der Waals surface area contributed by atoms with Gasteiger partial charge in [-0.2, -0.15) is 0 Å². The van der Waals surface area contributed by atoms with Gasteiger partial charge in [0.1, 0.15) is 0 Å². The standard InChI is InChI=1S/C5H13N2OP/c1-5(2)9(8)6-3-4-7-9/h5H,3-4H2,1-2H3,(H2,6,7,8). The Bertz CT molecular complexity index is 136. The topological polar surface area (TPSA) is 41.1 Å². The van der Waals surface area contributed by atoms with E-state index in [1.165, 1.54) is 0 Å². The van der Waals surface area contributed by atoms with Crippen molar-refractivity contribution in [2.45, 2.75) is 19.5 Å². The molecule has 2 N–H and O–H groups in total. The molecule has 9 heavy (non-hydrogen) atoms. The summed E-state index contributed by atoms with van der Waals surface area (Å²) in [4.78, 5) is 0. The van der Waals surface area contributed by atoms with Crippen LogP contribution in [0.1, 0.15) is 13.8 Å². The van der Waals surface area contributed by atoms with Crippen molar-refractivity contribution in [3.05, 3.63) is 0 Å². The van der Waals surface area contributed by atoms with E-state index in [-0.39, 0.29) is 5.66 Å². The monoisotopic (exact) mass is 148 g/mol. The second-order valence-electron chi connectivity index (χ2n) is 2.57. The molecule has 1 heterocycles. The first-order chi connectivity index (χ1) is 4.15. The van der Waals surface area contributed by atoms with Gasteiger partial charge in [-0.1, -0.05) is 13.8 Å². The number of rotatable bonds is 1. The highest BCUT2D eigenvalue weighted by Crippen LogP contribution is 2.43. The molecule has 1 saturated heterocycles. The quantitative estimate of drug-likeness (QED) is 0.540. The van der Waals surface area contributed by atoms with Crippen LogP contribution in [0.25, 0.3) is 0 Å². The molecule has 0 aromatic rings. The summed E-state index contributed by atoms with van der Waals surface area (Å²) in [6, 6.07) is 0. The molecule has 0 amide bonds. The summed E-state index contributed by atoms with van der Waals surface area (Å²) in [5.74, 6) is 0. The second-order valence-corrected chi connectivity index (χ2v) is 5.55. The lowest BCUT2D eigenvalue weighted by atomic mass is 10.6. The molecule has 1 aliphatic rings. The van der Waals surface area contributed by atoms with E-state index >= 15 is 0 Å². The van der Waals surface area contributed by atoms with Crippen LogP contribution in [0.3, 0.4) is 0 Å². The average molecular weight is 148 g/mol. The van der Waals surface area contributed by atoms with E-state index in [1.807, 2.05) is 13.8 Å². The van der Waals surface area contributed by atoms with E-state index in [9.17, 15) is 4.57 Å². The number of hydrogen-bond acceptors (Lipinski definition) is 1. The summed E-state index contributed by atoms with van der Waals surface area (Å²) in [6.45, 7) is 5.61. The van der Waals surface area contributed by atoms with Crippen molar-refractivity contribution in [2.24, 2.45) is 0 Å². The molecule has 4 heteroatoms. The molecule has 0 radical (unpaired) electrons. The second kappa shape index (κ2) is 2.41. The minimum absolute atomic E-state index is 0.222. The van der Waals surface area contributed by atoms with Crippen LogP contribution in [-0.4, -0.2) is 18.7 Å². The van der Waals surface area contributed by atoms with Crippen molar-refractivity contribution in [1.29, 1.82) is 0 Å². The smallest absolute Gasteiger partial charge is 0.213 e. The Hall–Kier alpha value is 0.150. The van der Waals surface area contributed by atoms with Gasteiger partial charge in [0.2, 0.25) is 7.44 Å². The highest BCUT2D eigenvalue weighted by atomic mass is 31.2. The van der Waals surface area contributed by atoms with Gasteiger partial charge in [0.05, 0.1) is 0 Å². The lowest BCUT2D eigenvalue weighted by Crippen LogP contribution is -2.14. The Morgan fingerprint density at radius 1 is 1.33 bits per heavy atom. The molecule has 0 bridgehead atoms. The predicted octanol–water partition coefficient (Wildman–Crippen LogP) is 0.781. The highest BCUT2D eigenvalue weighted by molar-refractivity contribution is 7.60. The molecule has 3 nitrogen and oxygen atoms in total. The van der Waals surface area contributed by atoms with Crippen LogP contribution in [0.5, 0.6) is 0 Å². The summed E-state index contributed by atoms with van der Waals surface area (Å²) >= 11 is 0. The maximum absolute atomic E-state index is 11.5. The normalized spacial score (nSPS) is 25.2. The third-order valence-electron chi connectivity index (χ3n) is 1.55. The Morgan fingerprint density at radius 2 is 1.78 bits per heavy atom. The van der Waals surface area contributed by atoms with Crippen molar-refractivity contribution in [3.8, 4) is 0 Å². The van der Waals surface area contributed by atoms with Crippen LogP contribution in [0, 0.1) is 0 Å². The molecule has 0 aliphatic carbocycles. The van der Waals surface area contributed by atoms with Crippen molar-refractivity contribution in [2.75, 3.05) is 13.1 Å². The largest absolute Gasteiger partial charge is 0.289 e. The van der Waals surface area contributed by atoms with Gasteiger partial charge in [-0.3, -0.25) is 14.7 Å². The highest BCUT2D eigenvalue weighted by Gasteiger charge is 2.28. The van der Waals surface area contributed by atoms with Gasteiger partial charge in [-0.15, -0.1) is 0 Å². The fraction of sp³-hybridized carbons (Fsp3) is 1.00. The fourth-order valence-electron chi connectivity index (χ4n) is 0.865. The molecular formula is C5H13N2OP. The third-order valence-corrected chi connectivity index (χ3v) is 4.39. The minimum Gasteiger partial charge on any atom is -0.289 e. The lowest BCUT2D eigenvalue weighted by Gasteiger charge is -2.14. The third kappa shape index (κ3) is 1.34. The van der Waals surface area contributed by atoms with E-state index < -0.39 is 7.44 Å². The van der Waals surface area contributed by atoms with Crippen LogP contribution in [0.4, 0.5) is 0 Å². The minimum atomic E-state index is -2.14. The number of nitrogens with one attached hydrogen (secondary N) is 2. The molecule has 1 aliphatic heterocycles. The van der Waals surface area contributed by atoms with E-state index in [4.69, 9.17) is 0 Å². The van der Waals surface area contributed by atoms with E-state index in [0.29, 0.717) is 0 Å². The van der Waals surface area contributed by atoms with Crippen molar-refractivity contribution in [1.82, 2.24) is 10.2 Å². The summed E-state index contributed by atoms with van der Waals surface area (Å²) < 4.78 is 11.5. The van der Waals surface area contributed by atoms with Crippen LogP contribution in [0.2, 0.25) is 0 Å². The van der Waals surface area contributed by atoms with Crippen molar-refractivity contribution < 1.29 is 4.57 Å². The van der Waals surface area contributed by atoms with Gasteiger partial charge in [-0.25, -0.2) is 0 Å². The van der Waals surface area contributed by atoms with E-state index in [2.05, 4.69) is 10.2 Å². The van der Waals surface area contributed by atoms with Crippen molar-refractivity contribution >= 4 is 7.44 Å². The molecule has 1 fully saturated rings. The zero-order valence-electron chi connectivity index (χ0n) is 5.85. The van der Waals surface area contributed by atoms with Crippen LogP contribution >= 0.6 is 7.44 Å². The summed E-state index contributed by atoms with van der Waals surface area (Å²) in [7, 11) is -2.14. The molecule has 0 aromatic heterocycles. The fourth-order valence-corrected chi connectivity index (χ4v) is 2.60. The van der Waals surface area contributed by atoms with Gasteiger partial charge >= 0.3 is 0 Å². The van der Waals surface area contributed by atoms with Crippen LogP contribution in [0.15, 0.2) is 0 Å². The molecule has 1 rings (SSSR count). The zero-order valence-corrected chi connectivity index (χ0v) is 6.74. The molecule has 0 unspecified atom stereocenters. The van der Waals surface area contributed by atoms with Crippen LogP contribution in [-0.2, 0) is 4.57 Å². The molecule has 0 aromatic carbocycles. The maximum Gasteiger partial charge on any atom is 0.213 e. The van der Waals surface area contributed by atoms with E-state index in [1.54, 1.807) is 0 Å². The Balaban J connectivity index is 2.62. The molecular weight excluding hydrogens is 135 g/mol.